The monoisotopic (exact) mass is 295 g/mol. The lowest BCUT2D eigenvalue weighted by Crippen LogP contribution is -2.38. The molecule has 1 aliphatic heterocycles. The minimum absolute atomic E-state index is 0.247. The van der Waals surface area contributed by atoms with E-state index in [4.69, 9.17) is 15.2 Å². The second-order valence-electron chi connectivity index (χ2n) is 5.61. The Morgan fingerprint density at radius 1 is 1.30 bits per heavy atom. The molecule has 4 heteroatoms. The van der Waals surface area contributed by atoms with Crippen LogP contribution in [0.5, 0.6) is 5.75 Å². The lowest BCUT2D eigenvalue weighted by atomic mass is 9.92. The summed E-state index contributed by atoms with van der Waals surface area (Å²) in [6.07, 6.45) is 3.28. The van der Waals surface area contributed by atoms with Gasteiger partial charge in [0.05, 0.1) is 7.11 Å². The van der Waals surface area contributed by atoms with E-state index >= 15 is 0 Å². The van der Waals surface area contributed by atoms with Crippen molar-refractivity contribution in [1.82, 2.24) is 0 Å². The summed E-state index contributed by atoms with van der Waals surface area (Å²) in [6.45, 7) is 3.83. The molecule has 2 rings (SSSR count). The van der Waals surface area contributed by atoms with E-state index < -0.39 is 0 Å². The molecule has 0 radical (unpaired) electrons. The van der Waals surface area contributed by atoms with Gasteiger partial charge in [0.2, 0.25) is 0 Å². The largest absolute Gasteiger partial charge is 0.497 e. The van der Waals surface area contributed by atoms with Gasteiger partial charge in [-0.1, -0.05) is 12.1 Å². The molecule has 1 atom stereocenters. The summed E-state index contributed by atoms with van der Waals surface area (Å²) in [5, 5.41) is 0. The van der Waals surface area contributed by atoms with Gasteiger partial charge >= 0.3 is 0 Å². The number of ether oxygens (including phenoxy) is 2. The fourth-order valence-corrected chi connectivity index (χ4v) is 4.20. The Labute approximate surface area is 126 Å². The molecule has 0 aromatic heterocycles. The van der Waals surface area contributed by atoms with Crippen LogP contribution in [0.3, 0.4) is 0 Å². The zero-order valence-corrected chi connectivity index (χ0v) is 13.2. The van der Waals surface area contributed by atoms with E-state index in [0.717, 1.165) is 44.0 Å². The summed E-state index contributed by atoms with van der Waals surface area (Å²) < 4.78 is 11.0. The molecule has 0 bridgehead atoms. The van der Waals surface area contributed by atoms with Gasteiger partial charge in [0.25, 0.3) is 0 Å². The molecule has 1 aliphatic rings. The molecule has 1 heterocycles. The maximum Gasteiger partial charge on any atom is 0.118 e. The Balaban J connectivity index is 1.96. The fourth-order valence-electron chi connectivity index (χ4n) is 2.70. The van der Waals surface area contributed by atoms with Gasteiger partial charge in [-0.2, -0.15) is 11.8 Å². The van der Waals surface area contributed by atoms with Crippen molar-refractivity contribution in [3.63, 3.8) is 0 Å². The summed E-state index contributed by atoms with van der Waals surface area (Å²) >= 11 is 2.04. The molecule has 1 fully saturated rings. The summed E-state index contributed by atoms with van der Waals surface area (Å²) in [7, 11) is 1.70. The average molecular weight is 295 g/mol. The predicted octanol–water partition coefficient (Wildman–Crippen LogP) is 3.21. The van der Waals surface area contributed by atoms with Crippen LogP contribution >= 0.6 is 11.8 Å². The third-order valence-electron chi connectivity index (χ3n) is 3.80. The van der Waals surface area contributed by atoms with Crippen molar-refractivity contribution in [2.75, 3.05) is 20.3 Å². The van der Waals surface area contributed by atoms with E-state index in [1.807, 2.05) is 23.9 Å². The van der Waals surface area contributed by atoms with E-state index in [1.165, 1.54) is 5.56 Å². The first-order chi connectivity index (χ1) is 9.63. The smallest absolute Gasteiger partial charge is 0.118 e. The van der Waals surface area contributed by atoms with Crippen LogP contribution in [0.1, 0.15) is 31.7 Å². The van der Waals surface area contributed by atoms with Crippen LogP contribution in [-0.2, 0) is 10.5 Å². The lowest BCUT2D eigenvalue weighted by Gasteiger charge is -2.38. The summed E-state index contributed by atoms with van der Waals surface area (Å²) in [4.78, 5) is 0. The number of rotatable bonds is 6. The molecule has 112 valence electrons. The molecule has 0 spiro atoms. The quantitative estimate of drug-likeness (QED) is 0.875. The maximum atomic E-state index is 6.04. The molecule has 3 nitrogen and oxygen atoms in total. The number of hydrogen-bond acceptors (Lipinski definition) is 4. The normalized spacial score (nSPS) is 19.6. The van der Waals surface area contributed by atoms with Gasteiger partial charge in [-0.15, -0.1) is 0 Å². The molecular formula is C16H25NO2S. The van der Waals surface area contributed by atoms with Gasteiger partial charge in [-0.05, 0) is 43.9 Å². The second-order valence-corrected chi connectivity index (χ2v) is 7.06. The molecule has 1 unspecified atom stereocenters. The van der Waals surface area contributed by atoms with Crippen molar-refractivity contribution in [1.29, 1.82) is 0 Å². The van der Waals surface area contributed by atoms with Gasteiger partial charge < -0.3 is 15.2 Å². The Morgan fingerprint density at radius 2 is 1.95 bits per heavy atom. The molecule has 2 N–H and O–H groups in total. The first-order valence-corrected chi connectivity index (χ1v) is 8.22. The molecule has 1 aromatic carbocycles. The number of thioether (sulfide) groups is 1. The SMILES string of the molecule is COc1ccc(CSC2(CC(C)N)CCOCC2)cc1. The zero-order chi connectivity index (χ0) is 14.4. The van der Waals surface area contributed by atoms with Gasteiger partial charge in [-0.3, -0.25) is 0 Å². The van der Waals surface area contributed by atoms with Gasteiger partial charge in [0.1, 0.15) is 5.75 Å². The van der Waals surface area contributed by atoms with E-state index in [-0.39, 0.29) is 10.8 Å². The average Bonchev–Trinajstić information content (AvgIpc) is 2.46. The fraction of sp³-hybridized carbons (Fsp3) is 0.625. The number of hydrogen-bond donors (Lipinski definition) is 1. The van der Waals surface area contributed by atoms with Crippen molar-refractivity contribution in [3.8, 4) is 5.75 Å². The topological polar surface area (TPSA) is 44.5 Å². The van der Waals surface area contributed by atoms with Crippen LogP contribution < -0.4 is 10.5 Å². The molecule has 0 saturated carbocycles. The minimum atomic E-state index is 0.247. The highest BCUT2D eigenvalue weighted by atomic mass is 32.2. The number of methoxy groups -OCH3 is 1. The Hall–Kier alpha value is -0.710. The highest BCUT2D eigenvalue weighted by molar-refractivity contribution is 7.99. The first-order valence-electron chi connectivity index (χ1n) is 7.24. The standard InChI is InChI=1S/C16H25NO2S/c1-13(17)11-16(7-9-19-10-8-16)20-12-14-3-5-15(18-2)6-4-14/h3-6,13H,7-12,17H2,1-2H3. The second kappa shape index (κ2) is 7.34. The van der Waals surface area contributed by atoms with Crippen LogP contribution in [0.2, 0.25) is 0 Å². The maximum absolute atomic E-state index is 6.04. The zero-order valence-electron chi connectivity index (χ0n) is 12.4. The number of benzene rings is 1. The van der Waals surface area contributed by atoms with Crippen LogP contribution in [0.25, 0.3) is 0 Å². The van der Waals surface area contributed by atoms with Crippen LogP contribution in [0.15, 0.2) is 24.3 Å². The summed E-state index contributed by atoms with van der Waals surface area (Å²) in [5.74, 6) is 1.94. The third kappa shape index (κ3) is 4.40. The molecule has 0 aliphatic carbocycles. The third-order valence-corrected chi connectivity index (χ3v) is 5.47. The van der Waals surface area contributed by atoms with Crippen molar-refractivity contribution in [2.45, 2.75) is 42.7 Å². The Morgan fingerprint density at radius 3 is 2.50 bits per heavy atom. The molecule has 1 saturated heterocycles. The van der Waals surface area contributed by atoms with E-state index in [0.29, 0.717) is 0 Å². The molecule has 20 heavy (non-hydrogen) atoms. The van der Waals surface area contributed by atoms with E-state index in [1.54, 1.807) is 7.11 Å². The van der Waals surface area contributed by atoms with E-state index in [9.17, 15) is 0 Å². The van der Waals surface area contributed by atoms with Crippen molar-refractivity contribution < 1.29 is 9.47 Å². The number of nitrogens with two attached hydrogens (primary N) is 1. The van der Waals surface area contributed by atoms with Gasteiger partial charge in [0, 0.05) is 29.8 Å². The first kappa shape index (κ1) is 15.7. The van der Waals surface area contributed by atoms with E-state index in [2.05, 4.69) is 19.1 Å². The van der Waals surface area contributed by atoms with Crippen molar-refractivity contribution in [3.05, 3.63) is 29.8 Å². The van der Waals surface area contributed by atoms with Crippen LogP contribution in [-0.4, -0.2) is 31.1 Å². The molecular weight excluding hydrogens is 270 g/mol. The van der Waals surface area contributed by atoms with Crippen LogP contribution in [0.4, 0.5) is 0 Å². The van der Waals surface area contributed by atoms with Crippen molar-refractivity contribution >= 4 is 11.8 Å². The minimum Gasteiger partial charge on any atom is -0.497 e. The van der Waals surface area contributed by atoms with Crippen molar-refractivity contribution in [2.24, 2.45) is 5.73 Å². The molecule has 0 amide bonds. The van der Waals surface area contributed by atoms with Crippen LogP contribution in [0, 0.1) is 0 Å². The van der Waals surface area contributed by atoms with Gasteiger partial charge in [-0.25, -0.2) is 0 Å². The Bertz CT molecular complexity index is 399. The summed E-state index contributed by atoms with van der Waals surface area (Å²) in [5.41, 5.74) is 7.38. The predicted molar refractivity (Wildman–Crippen MR) is 85.3 cm³/mol. The lowest BCUT2D eigenvalue weighted by molar-refractivity contribution is 0.0739. The highest BCUT2D eigenvalue weighted by Gasteiger charge is 2.33. The summed E-state index contributed by atoms with van der Waals surface area (Å²) in [6, 6.07) is 8.59. The Kier molecular flexibility index (Phi) is 5.75. The molecule has 1 aromatic rings. The highest BCUT2D eigenvalue weighted by Crippen LogP contribution is 2.41. The van der Waals surface area contributed by atoms with Gasteiger partial charge in [0.15, 0.2) is 0 Å².